The Balaban J connectivity index is 2.13. The second-order valence-electron chi connectivity index (χ2n) is 22.5. The summed E-state index contributed by atoms with van der Waals surface area (Å²) in [5.41, 5.74) is 13.4. The van der Waals surface area contributed by atoms with E-state index in [0.717, 1.165) is 11.5 Å². The smallest absolute Gasteiger partial charge is 0.118 e. The van der Waals surface area contributed by atoms with Crippen LogP contribution in [0.1, 0.15) is 158 Å². The molecular weight excluding hydrogens is 743 g/mol. The van der Waals surface area contributed by atoms with E-state index in [0.29, 0.717) is 0 Å². The summed E-state index contributed by atoms with van der Waals surface area (Å²) < 4.78 is 11.4. The Labute approximate surface area is 356 Å². The molecule has 0 heterocycles. The van der Waals surface area contributed by atoms with E-state index in [1.54, 1.807) is 14.2 Å². The van der Waals surface area contributed by atoms with E-state index in [4.69, 9.17) is 9.47 Å². The standard InChI is InChI=1S/C54H72O2P2/c1-49(2,3)35-29-39(51(7,8)9)45(40(30-35)52(10,11)12)57-47-43(33-21-25-37(55-19)26-22-33)44(34-23-27-38(56-20)28-24-34)48(47)58-46-41(53(13,14)15)31-36(50(4,5)6)32-42(46)54(16,17)18/h21-32H,1-20H3. The van der Waals surface area contributed by atoms with E-state index >= 15 is 0 Å². The van der Waals surface area contributed by atoms with Crippen LogP contribution in [0.25, 0.3) is 22.3 Å². The van der Waals surface area contributed by atoms with Gasteiger partial charge in [-0.05, 0) is 101 Å². The number of rotatable bonds is 6. The summed E-state index contributed by atoms with van der Waals surface area (Å²) >= 11 is 0. The molecule has 0 fully saturated rings. The van der Waals surface area contributed by atoms with Crippen LogP contribution in [0.4, 0.5) is 0 Å². The average molecular weight is 815 g/mol. The SMILES string of the molecule is COc1ccc(-c2c(-c3ccc(OC)cc3)c(=Pc3c(C(C)(C)C)cc(C(C)(C)C)cc3C(C)(C)C)c2=Pc2c(C(C)(C)C)cc(C(C)(C)C)cc2C(C)(C)C)cc1. The van der Waals surface area contributed by atoms with Gasteiger partial charge in [-0.3, -0.25) is 0 Å². The van der Waals surface area contributed by atoms with Crippen molar-refractivity contribution in [1.82, 2.24) is 0 Å². The van der Waals surface area contributed by atoms with Crippen LogP contribution in [0.2, 0.25) is 0 Å². The number of methoxy groups -OCH3 is 2. The first-order valence-corrected chi connectivity index (χ1v) is 22.9. The molecule has 0 N–H and O–H groups in total. The molecule has 0 spiro atoms. The molecule has 0 aliphatic heterocycles. The Morgan fingerprint density at radius 1 is 0.345 bits per heavy atom. The highest BCUT2D eigenvalue weighted by molar-refractivity contribution is 7.42. The molecule has 5 aromatic rings. The quantitative estimate of drug-likeness (QED) is 0.159. The van der Waals surface area contributed by atoms with Gasteiger partial charge in [-0.2, -0.15) is 0 Å². The first-order chi connectivity index (χ1) is 26.5. The van der Waals surface area contributed by atoms with Crippen molar-refractivity contribution in [2.75, 3.05) is 14.2 Å². The minimum Gasteiger partial charge on any atom is -0.497 e. The summed E-state index contributed by atoms with van der Waals surface area (Å²) in [5.74, 6) is 1.73. The van der Waals surface area contributed by atoms with Crippen LogP contribution in [0.3, 0.4) is 0 Å². The maximum Gasteiger partial charge on any atom is 0.118 e. The molecule has 0 unspecified atom stereocenters. The fraction of sp³-hybridized carbons (Fsp3) is 0.481. The molecule has 5 rings (SSSR count). The zero-order chi connectivity index (χ0) is 43.6. The lowest BCUT2D eigenvalue weighted by Gasteiger charge is -2.33. The van der Waals surface area contributed by atoms with E-state index in [9.17, 15) is 0 Å². The van der Waals surface area contributed by atoms with Crippen molar-refractivity contribution in [3.63, 3.8) is 0 Å². The summed E-state index contributed by atoms with van der Waals surface area (Å²) in [6, 6.07) is 27.5. The Bertz CT molecular complexity index is 2130. The van der Waals surface area contributed by atoms with E-state index in [1.807, 2.05) is 0 Å². The molecule has 0 amide bonds. The van der Waals surface area contributed by atoms with Gasteiger partial charge in [0.1, 0.15) is 11.5 Å². The van der Waals surface area contributed by atoms with Crippen LogP contribution >= 0.6 is 16.4 Å². The Morgan fingerprint density at radius 2 is 0.586 bits per heavy atom. The van der Waals surface area contributed by atoms with E-state index in [2.05, 4.69) is 197 Å². The molecule has 0 bridgehead atoms. The van der Waals surface area contributed by atoms with Gasteiger partial charge < -0.3 is 9.47 Å². The molecule has 58 heavy (non-hydrogen) atoms. The topological polar surface area (TPSA) is 18.5 Å². The fourth-order valence-electron chi connectivity index (χ4n) is 7.59. The third kappa shape index (κ3) is 9.61. The highest BCUT2D eigenvalue weighted by Gasteiger charge is 2.32. The largest absolute Gasteiger partial charge is 0.497 e. The summed E-state index contributed by atoms with van der Waals surface area (Å²) in [6.45, 7) is 42.7. The minimum atomic E-state index is -0.0593. The van der Waals surface area contributed by atoms with Crippen LogP contribution in [0.15, 0.2) is 72.8 Å². The van der Waals surface area contributed by atoms with Crippen LogP contribution in [0, 0.1) is 9.88 Å². The average Bonchev–Trinajstić information content (AvgIpc) is 3.09. The van der Waals surface area contributed by atoms with Crippen LogP contribution < -0.4 is 20.1 Å². The maximum atomic E-state index is 5.68. The predicted octanol–water partition coefficient (Wildman–Crippen LogP) is 15.3. The van der Waals surface area contributed by atoms with Crippen molar-refractivity contribution in [3.05, 3.63) is 116 Å². The number of benzene rings is 4. The molecule has 0 aromatic heterocycles. The normalized spacial score (nSPS) is 14.1. The molecule has 0 atom stereocenters. The second-order valence-corrected chi connectivity index (χ2v) is 24.7. The third-order valence-corrected chi connectivity index (χ3v) is 14.3. The van der Waals surface area contributed by atoms with Crippen molar-refractivity contribution in [1.29, 1.82) is 0 Å². The molecule has 2 nitrogen and oxygen atoms in total. The van der Waals surface area contributed by atoms with E-state index < -0.39 is 0 Å². The molecular formula is C54H72O2P2. The van der Waals surface area contributed by atoms with Crippen LogP contribution in [0.5, 0.6) is 11.5 Å². The summed E-state index contributed by atoms with van der Waals surface area (Å²) in [6.07, 6.45) is 0. The monoisotopic (exact) mass is 815 g/mol. The van der Waals surface area contributed by atoms with E-state index in [-0.39, 0.29) is 32.5 Å². The van der Waals surface area contributed by atoms with Gasteiger partial charge in [-0.1, -0.05) is 190 Å². The molecule has 310 valence electrons. The molecule has 0 radical (unpaired) electrons. The molecule has 0 aliphatic carbocycles. The van der Waals surface area contributed by atoms with Crippen LogP contribution in [-0.4, -0.2) is 14.2 Å². The summed E-state index contributed by atoms with van der Waals surface area (Å²) in [7, 11) is 5.95. The molecule has 4 heteroatoms. The van der Waals surface area contributed by atoms with Gasteiger partial charge in [0.25, 0.3) is 0 Å². The fourth-order valence-corrected chi connectivity index (χ4v) is 11.6. The first kappa shape index (κ1) is 45.6. The first-order valence-electron chi connectivity index (χ1n) is 21.1. The van der Waals surface area contributed by atoms with Crippen molar-refractivity contribution in [3.8, 4) is 33.8 Å². The van der Waals surface area contributed by atoms with Gasteiger partial charge in [0.2, 0.25) is 0 Å². The molecule has 0 saturated carbocycles. The summed E-state index contributed by atoms with van der Waals surface area (Å²) in [4.78, 5) is 2.80. The lowest BCUT2D eigenvalue weighted by molar-refractivity contribution is 0.414. The zero-order valence-corrected chi connectivity index (χ0v) is 41.4. The van der Waals surface area contributed by atoms with Crippen molar-refractivity contribution in [2.24, 2.45) is 0 Å². The molecule has 5 aromatic carbocycles. The van der Waals surface area contributed by atoms with Crippen molar-refractivity contribution >= 4 is 27.0 Å². The highest BCUT2D eigenvalue weighted by Crippen LogP contribution is 2.47. The van der Waals surface area contributed by atoms with Gasteiger partial charge in [0.15, 0.2) is 0 Å². The van der Waals surface area contributed by atoms with Gasteiger partial charge >= 0.3 is 0 Å². The van der Waals surface area contributed by atoms with Gasteiger partial charge in [0, 0.05) is 31.6 Å². The van der Waals surface area contributed by atoms with Gasteiger partial charge in [-0.15, -0.1) is 0 Å². The molecule has 0 aliphatic rings. The highest BCUT2D eigenvalue weighted by atomic mass is 31.1. The van der Waals surface area contributed by atoms with Crippen molar-refractivity contribution < 1.29 is 9.47 Å². The lowest BCUT2D eigenvalue weighted by atomic mass is 9.75. The Hall–Kier alpha value is -3.44. The molecule has 0 saturated heterocycles. The Kier molecular flexibility index (Phi) is 12.5. The number of hydrogen-bond acceptors (Lipinski definition) is 2. The minimum absolute atomic E-state index is 0.0244. The number of hydrogen-bond donors (Lipinski definition) is 0. The predicted molar refractivity (Wildman–Crippen MR) is 257 cm³/mol. The van der Waals surface area contributed by atoms with Gasteiger partial charge in [-0.25, -0.2) is 0 Å². The number of ether oxygens (including phenoxy) is 2. The summed E-state index contributed by atoms with van der Waals surface area (Å²) in [5, 5.41) is 2.87. The lowest BCUT2D eigenvalue weighted by Crippen LogP contribution is -2.30. The maximum absolute atomic E-state index is 5.68. The van der Waals surface area contributed by atoms with Crippen molar-refractivity contribution in [2.45, 2.75) is 157 Å². The Morgan fingerprint density at radius 3 is 0.776 bits per heavy atom. The third-order valence-electron chi connectivity index (χ3n) is 11.3. The second kappa shape index (κ2) is 15.9. The van der Waals surface area contributed by atoms with Gasteiger partial charge in [0.05, 0.1) is 14.2 Å². The van der Waals surface area contributed by atoms with Crippen LogP contribution in [-0.2, 0) is 32.5 Å². The zero-order valence-electron chi connectivity index (χ0n) is 39.6. The van der Waals surface area contributed by atoms with E-state index in [1.165, 1.54) is 92.5 Å².